The highest BCUT2D eigenvalue weighted by Crippen LogP contribution is 2.62. The van der Waals surface area contributed by atoms with E-state index in [2.05, 4.69) is 40.7 Å². The average molecular weight is 418 g/mol. The van der Waals surface area contributed by atoms with Gasteiger partial charge in [0, 0.05) is 12.8 Å². The summed E-state index contributed by atoms with van der Waals surface area (Å²) in [6.07, 6.45) is 13.2. The van der Waals surface area contributed by atoms with Gasteiger partial charge in [-0.05, 0) is 78.9 Å². The number of hydrogen-bond acceptors (Lipinski definition) is 2. The van der Waals surface area contributed by atoms with Crippen LogP contribution < -0.4 is 0 Å². The number of nitriles is 1. The van der Waals surface area contributed by atoms with Gasteiger partial charge in [-0.3, -0.25) is 4.79 Å². The first-order valence-corrected chi connectivity index (χ1v) is 12.8. The van der Waals surface area contributed by atoms with Crippen LogP contribution in [0.3, 0.4) is 0 Å². The molecule has 0 aromatic heterocycles. The second-order valence-corrected chi connectivity index (χ2v) is 11.4. The van der Waals surface area contributed by atoms with Crippen LogP contribution in [0.25, 0.3) is 0 Å². The number of carbonyl (C=O) groups is 1. The Kier molecular flexibility index (Phi) is 9.70. The molecule has 172 valence electrons. The topological polar surface area (TPSA) is 61.1 Å². The lowest BCUT2D eigenvalue weighted by Crippen LogP contribution is -2.45. The average Bonchev–Trinajstić information content (AvgIpc) is 3.02. The molecule has 0 bridgehead atoms. The number of carboxylic acids is 1. The largest absolute Gasteiger partial charge is 0.481 e. The summed E-state index contributed by atoms with van der Waals surface area (Å²) in [5.41, 5.74) is 0.328. The van der Waals surface area contributed by atoms with Crippen molar-refractivity contribution in [1.82, 2.24) is 0 Å². The molecule has 1 N–H and O–H groups in total. The fourth-order valence-corrected chi connectivity index (χ4v) is 7.43. The number of fused-ring (bicyclic) bond motifs is 1. The van der Waals surface area contributed by atoms with Gasteiger partial charge in [-0.25, -0.2) is 0 Å². The van der Waals surface area contributed by atoms with Crippen LogP contribution in [0.5, 0.6) is 0 Å². The maximum absolute atomic E-state index is 11.8. The Hall–Kier alpha value is -1.04. The highest BCUT2D eigenvalue weighted by molar-refractivity contribution is 5.67. The highest BCUT2D eigenvalue weighted by atomic mass is 16.4. The van der Waals surface area contributed by atoms with E-state index >= 15 is 0 Å². The van der Waals surface area contributed by atoms with Crippen molar-refractivity contribution >= 4 is 5.97 Å². The molecule has 0 saturated heterocycles. The summed E-state index contributed by atoms with van der Waals surface area (Å²) in [6.45, 7) is 12.0. The van der Waals surface area contributed by atoms with Gasteiger partial charge in [0.1, 0.15) is 0 Å². The number of aliphatic carboxylic acids is 1. The molecular weight excluding hydrogens is 370 g/mol. The van der Waals surface area contributed by atoms with Crippen molar-refractivity contribution in [3.63, 3.8) is 0 Å². The molecule has 0 aromatic carbocycles. The van der Waals surface area contributed by atoms with Gasteiger partial charge in [0.15, 0.2) is 0 Å². The summed E-state index contributed by atoms with van der Waals surface area (Å²) in [6, 6.07) is 2.25. The first-order chi connectivity index (χ1) is 14.2. The van der Waals surface area contributed by atoms with E-state index in [1.165, 1.54) is 44.9 Å². The van der Waals surface area contributed by atoms with Crippen LogP contribution in [0.15, 0.2) is 0 Å². The van der Waals surface area contributed by atoms with Gasteiger partial charge in [-0.15, -0.1) is 0 Å². The van der Waals surface area contributed by atoms with E-state index < -0.39 is 5.97 Å². The number of rotatable bonds is 12. The summed E-state index contributed by atoms with van der Waals surface area (Å²) in [4.78, 5) is 11.8. The van der Waals surface area contributed by atoms with Gasteiger partial charge in [0.25, 0.3) is 0 Å². The zero-order valence-corrected chi connectivity index (χ0v) is 20.3. The lowest BCUT2D eigenvalue weighted by molar-refractivity contribution is -0.141. The monoisotopic (exact) mass is 417 g/mol. The summed E-state index contributed by atoms with van der Waals surface area (Å²) < 4.78 is 0. The van der Waals surface area contributed by atoms with Crippen molar-refractivity contribution in [3.8, 4) is 6.07 Å². The third-order valence-corrected chi connectivity index (χ3v) is 9.03. The van der Waals surface area contributed by atoms with Crippen molar-refractivity contribution < 1.29 is 9.90 Å². The Morgan fingerprint density at radius 1 is 1.03 bits per heavy atom. The molecule has 0 spiro atoms. The Morgan fingerprint density at radius 3 is 2.37 bits per heavy atom. The van der Waals surface area contributed by atoms with Crippen molar-refractivity contribution in [2.75, 3.05) is 0 Å². The van der Waals surface area contributed by atoms with Crippen LogP contribution in [-0.2, 0) is 4.79 Å². The number of carboxylic acid groups (broad SMARTS) is 1. The van der Waals surface area contributed by atoms with E-state index in [1.807, 2.05) is 0 Å². The highest BCUT2D eigenvalue weighted by Gasteiger charge is 2.55. The van der Waals surface area contributed by atoms with Gasteiger partial charge in [0.05, 0.1) is 6.07 Å². The van der Waals surface area contributed by atoms with Crippen LogP contribution in [0, 0.1) is 58.2 Å². The van der Waals surface area contributed by atoms with Gasteiger partial charge in [0.2, 0.25) is 0 Å². The smallest absolute Gasteiger partial charge is 0.303 e. The van der Waals surface area contributed by atoms with E-state index in [4.69, 9.17) is 5.26 Å². The molecule has 2 rings (SSSR count). The molecule has 30 heavy (non-hydrogen) atoms. The van der Waals surface area contributed by atoms with Crippen LogP contribution in [0.4, 0.5) is 0 Å². The molecule has 2 aliphatic rings. The molecule has 3 nitrogen and oxygen atoms in total. The zero-order chi connectivity index (χ0) is 22.3. The van der Waals surface area contributed by atoms with Crippen molar-refractivity contribution in [2.45, 2.75) is 112 Å². The molecule has 0 amide bonds. The SMILES string of the molecule is CC(C)CCCC(C)[C@H]1CCC2[C@H](CC(=O)O)[C@@H]([C@@H](C)CCCCC#N)CC[C@@]21C. The third kappa shape index (κ3) is 6.24. The maximum atomic E-state index is 11.8. The molecule has 3 heteroatoms. The number of nitrogens with zero attached hydrogens (tertiary/aromatic N) is 1. The first kappa shape index (κ1) is 25.2. The van der Waals surface area contributed by atoms with E-state index in [1.54, 1.807) is 0 Å². The minimum Gasteiger partial charge on any atom is -0.481 e. The number of unbranched alkanes of at least 4 members (excludes halogenated alkanes) is 2. The molecule has 0 aromatic rings. The zero-order valence-electron chi connectivity index (χ0n) is 20.3. The quantitative estimate of drug-likeness (QED) is 0.331. The van der Waals surface area contributed by atoms with E-state index in [0.29, 0.717) is 41.9 Å². The van der Waals surface area contributed by atoms with Crippen molar-refractivity contribution in [3.05, 3.63) is 0 Å². The Labute approximate surface area is 186 Å². The standard InChI is InChI=1S/C27H47NO2/c1-19(2)10-9-12-21(4)24-13-14-25-23(18-26(29)30)22(15-16-27(24,25)5)20(3)11-7-6-8-17-28/h19-25H,6-16,18H2,1-5H3,(H,29,30)/t20-,21?,22+,23+,24+,25?,27+/m0/s1. The molecule has 0 heterocycles. The normalized spacial score (nSPS) is 33.1. The minimum atomic E-state index is -0.612. The van der Waals surface area contributed by atoms with E-state index in [0.717, 1.165) is 37.0 Å². The van der Waals surface area contributed by atoms with Crippen LogP contribution >= 0.6 is 0 Å². The van der Waals surface area contributed by atoms with Gasteiger partial charge >= 0.3 is 5.97 Å². The Balaban J connectivity index is 2.07. The summed E-state index contributed by atoms with van der Waals surface area (Å²) in [7, 11) is 0. The molecular formula is C27H47NO2. The predicted molar refractivity (Wildman–Crippen MR) is 124 cm³/mol. The third-order valence-electron chi connectivity index (χ3n) is 9.03. The van der Waals surface area contributed by atoms with E-state index in [-0.39, 0.29) is 0 Å². The Bertz CT molecular complexity index is 580. The van der Waals surface area contributed by atoms with E-state index in [9.17, 15) is 9.90 Å². The summed E-state index contributed by atoms with van der Waals surface area (Å²) >= 11 is 0. The predicted octanol–water partition coefficient (Wildman–Crippen LogP) is 7.70. The second-order valence-electron chi connectivity index (χ2n) is 11.4. The maximum Gasteiger partial charge on any atom is 0.303 e. The number of hydrogen-bond donors (Lipinski definition) is 1. The van der Waals surface area contributed by atoms with Crippen LogP contribution in [0.2, 0.25) is 0 Å². The molecule has 2 fully saturated rings. The lowest BCUT2D eigenvalue weighted by Gasteiger charge is -2.51. The van der Waals surface area contributed by atoms with Gasteiger partial charge < -0.3 is 5.11 Å². The molecule has 0 radical (unpaired) electrons. The van der Waals surface area contributed by atoms with Crippen molar-refractivity contribution in [2.24, 2.45) is 46.8 Å². The van der Waals surface area contributed by atoms with Crippen molar-refractivity contribution in [1.29, 1.82) is 5.26 Å². The Morgan fingerprint density at radius 2 is 1.73 bits per heavy atom. The lowest BCUT2D eigenvalue weighted by atomic mass is 9.54. The minimum absolute atomic E-state index is 0.328. The summed E-state index contributed by atoms with van der Waals surface area (Å²) in [5, 5.41) is 18.5. The fourth-order valence-electron chi connectivity index (χ4n) is 7.43. The second kappa shape index (κ2) is 11.5. The molecule has 2 saturated carbocycles. The summed E-state index contributed by atoms with van der Waals surface area (Å²) in [5.74, 6) is 3.71. The van der Waals surface area contributed by atoms with Gasteiger partial charge in [-0.1, -0.05) is 66.7 Å². The molecule has 0 aliphatic heterocycles. The molecule has 7 atom stereocenters. The van der Waals surface area contributed by atoms with Crippen LogP contribution in [-0.4, -0.2) is 11.1 Å². The first-order valence-electron chi connectivity index (χ1n) is 12.8. The van der Waals surface area contributed by atoms with Crippen LogP contribution in [0.1, 0.15) is 112 Å². The molecule has 2 aliphatic carbocycles. The fraction of sp³-hybridized carbons (Fsp3) is 0.926. The van der Waals surface area contributed by atoms with Gasteiger partial charge in [-0.2, -0.15) is 5.26 Å². The molecule has 2 unspecified atom stereocenters.